The molecule has 0 spiro atoms. The molecule has 1 amide bonds. The van der Waals surface area contributed by atoms with E-state index in [-0.39, 0.29) is 24.5 Å². The average Bonchev–Trinajstić information content (AvgIpc) is 2.61. The van der Waals surface area contributed by atoms with Crippen molar-refractivity contribution in [3.8, 4) is 5.75 Å². The molecular weight excluding hydrogens is 302 g/mol. The van der Waals surface area contributed by atoms with Crippen molar-refractivity contribution in [3.05, 3.63) is 65.7 Å². The third-order valence-electron chi connectivity index (χ3n) is 3.87. The number of ether oxygens (including phenoxy) is 1. The summed E-state index contributed by atoms with van der Waals surface area (Å²) in [4.78, 5) is 25.7. The van der Waals surface area contributed by atoms with Gasteiger partial charge in [-0.25, -0.2) is 0 Å². The lowest BCUT2D eigenvalue weighted by Crippen LogP contribution is -2.31. The zero-order valence-corrected chi connectivity index (χ0v) is 14.2. The standard InChI is InChI=1S/C20H23NO3/c1-16-8-6-7-11-19(16)24-15-14-21(2)20(23)13-12-18(22)17-9-4-3-5-10-17/h3-11H,12-15H2,1-2H3. The van der Waals surface area contributed by atoms with Crippen molar-refractivity contribution in [1.82, 2.24) is 4.90 Å². The Bertz CT molecular complexity index is 682. The van der Waals surface area contributed by atoms with Crippen LogP contribution < -0.4 is 4.74 Å². The lowest BCUT2D eigenvalue weighted by molar-refractivity contribution is -0.130. The van der Waals surface area contributed by atoms with Crippen molar-refractivity contribution >= 4 is 11.7 Å². The molecule has 2 aromatic rings. The fourth-order valence-electron chi connectivity index (χ4n) is 2.32. The molecule has 0 atom stereocenters. The first-order valence-corrected chi connectivity index (χ1v) is 8.08. The van der Waals surface area contributed by atoms with Gasteiger partial charge in [0, 0.05) is 25.5 Å². The summed E-state index contributed by atoms with van der Waals surface area (Å²) in [5.74, 6) is 0.777. The molecule has 0 saturated carbocycles. The summed E-state index contributed by atoms with van der Waals surface area (Å²) in [6.45, 7) is 2.91. The number of hydrogen-bond donors (Lipinski definition) is 0. The van der Waals surface area contributed by atoms with Gasteiger partial charge in [-0.3, -0.25) is 9.59 Å². The number of aryl methyl sites for hydroxylation is 1. The third-order valence-corrected chi connectivity index (χ3v) is 3.87. The number of nitrogens with zero attached hydrogens (tertiary/aromatic N) is 1. The molecule has 0 bridgehead atoms. The van der Waals surface area contributed by atoms with Crippen LogP contribution in [0.3, 0.4) is 0 Å². The Kier molecular flexibility index (Phi) is 6.55. The highest BCUT2D eigenvalue weighted by Crippen LogP contribution is 2.15. The predicted molar refractivity (Wildman–Crippen MR) is 94.3 cm³/mol. The first-order chi connectivity index (χ1) is 11.6. The van der Waals surface area contributed by atoms with Crippen molar-refractivity contribution in [1.29, 1.82) is 0 Å². The van der Waals surface area contributed by atoms with Crippen LogP contribution in [0, 0.1) is 6.92 Å². The molecule has 0 aliphatic carbocycles. The van der Waals surface area contributed by atoms with E-state index in [1.165, 1.54) is 0 Å². The van der Waals surface area contributed by atoms with E-state index in [9.17, 15) is 9.59 Å². The number of amides is 1. The van der Waals surface area contributed by atoms with E-state index in [0.717, 1.165) is 11.3 Å². The third kappa shape index (κ3) is 5.23. The van der Waals surface area contributed by atoms with Gasteiger partial charge < -0.3 is 9.64 Å². The fraction of sp³-hybridized carbons (Fsp3) is 0.300. The number of ketones is 1. The Morgan fingerprint density at radius 2 is 1.62 bits per heavy atom. The summed E-state index contributed by atoms with van der Waals surface area (Å²) in [5, 5.41) is 0. The molecule has 0 radical (unpaired) electrons. The molecule has 0 aromatic heterocycles. The number of carbonyl (C=O) groups excluding carboxylic acids is 2. The SMILES string of the molecule is Cc1ccccc1OCCN(C)C(=O)CCC(=O)c1ccccc1. The van der Waals surface area contributed by atoms with Gasteiger partial charge in [0.2, 0.25) is 5.91 Å². The lowest BCUT2D eigenvalue weighted by atomic mass is 10.1. The van der Waals surface area contributed by atoms with Gasteiger partial charge in [-0.05, 0) is 18.6 Å². The minimum absolute atomic E-state index is 0.00601. The molecule has 24 heavy (non-hydrogen) atoms. The number of Topliss-reactive ketones (excluding diaryl/α,β-unsaturated/α-hetero) is 1. The number of para-hydroxylation sites is 1. The summed E-state index contributed by atoms with van der Waals surface area (Å²) in [6, 6.07) is 16.8. The van der Waals surface area contributed by atoms with E-state index < -0.39 is 0 Å². The van der Waals surface area contributed by atoms with Crippen LogP contribution in [0.2, 0.25) is 0 Å². The van der Waals surface area contributed by atoms with E-state index in [4.69, 9.17) is 4.74 Å². The normalized spacial score (nSPS) is 10.2. The first-order valence-electron chi connectivity index (χ1n) is 8.08. The highest BCUT2D eigenvalue weighted by atomic mass is 16.5. The molecule has 4 heteroatoms. The average molecular weight is 325 g/mol. The Labute approximate surface area is 143 Å². The number of carbonyl (C=O) groups is 2. The van der Waals surface area contributed by atoms with E-state index in [2.05, 4.69) is 0 Å². The molecule has 4 nitrogen and oxygen atoms in total. The van der Waals surface area contributed by atoms with Gasteiger partial charge in [0.1, 0.15) is 12.4 Å². The Hall–Kier alpha value is -2.62. The Morgan fingerprint density at radius 1 is 0.958 bits per heavy atom. The predicted octanol–water partition coefficient (Wildman–Crippen LogP) is 3.50. The van der Waals surface area contributed by atoms with Crippen LogP contribution in [0.5, 0.6) is 5.75 Å². The first kappa shape index (κ1) is 17.7. The maximum atomic E-state index is 12.1. The topological polar surface area (TPSA) is 46.6 Å². The highest BCUT2D eigenvalue weighted by Gasteiger charge is 2.12. The maximum Gasteiger partial charge on any atom is 0.222 e. The van der Waals surface area contributed by atoms with Crippen molar-refractivity contribution in [2.45, 2.75) is 19.8 Å². The molecule has 0 heterocycles. The van der Waals surface area contributed by atoms with Gasteiger partial charge in [-0.2, -0.15) is 0 Å². The van der Waals surface area contributed by atoms with E-state index in [1.807, 2.05) is 49.4 Å². The minimum Gasteiger partial charge on any atom is -0.491 e. The smallest absolute Gasteiger partial charge is 0.222 e. The van der Waals surface area contributed by atoms with E-state index in [0.29, 0.717) is 18.7 Å². The van der Waals surface area contributed by atoms with Crippen LogP contribution in [0.1, 0.15) is 28.8 Å². The quantitative estimate of drug-likeness (QED) is 0.698. The van der Waals surface area contributed by atoms with Crippen LogP contribution in [0.25, 0.3) is 0 Å². The van der Waals surface area contributed by atoms with Crippen molar-refractivity contribution in [2.75, 3.05) is 20.2 Å². The van der Waals surface area contributed by atoms with Crippen molar-refractivity contribution in [2.24, 2.45) is 0 Å². The summed E-state index contributed by atoms with van der Waals surface area (Å²) >= 11 is 0. The molecule has 0 saturated heterocycles. The summed E-state index contributed by atoms with van der Waals surface area (Å²) < 4.78 is 5.69. The zero-order chi connectivity index (χ0) is 17.4. The van der Waals surface area contributed by atoms with Crippen molar-refractivity contribution < 1.29 is 14.3 Å². The molecule has 2 rings (SSSR count). The Morgan fingerprint density at radius 3 is 2.33 bits per heavy atom. The largest absolute Gasteiger partial charge is 0.491 e. The molecule has 2 aromatic carbocycles. The van der Waals surface area contributed by atoms with Crippen LogP contribution in [0.4, 0.5) is 0 Å². The molecular formula is C20H23NO3. The summed E-state index contributed by atoms with van der Waals surface area (Å²) in [6.07, 6.45) is 0.445. The molecule has 0 N–H and O–H groups in total. The highest BCUT2D eigenvalue weighted by molar-refractivity contribution is 5.97. The van der Waals surface area contributed by atoms with Gasteiger partial charge >= 0.3 is 0 Å². The van der Waals surface area contributed by atoms with Crippen LogP contribution >= 0.6 is 0 Å². The van der Waals surface area contributed by atoms with Crippen LogP contribution in [-0.2, 0) is 4.79 Å². The van der Waals surface area contributed by atoms with Gasteiger partial charge in [-0.1, -0.05) is 48.5 Å². The van der Waals surface area contributed by atoms with Gasteiger partial charge in [-0.15, -0.1) is 0 Å². The molecule has 0 unspecified atom stereocenters. The van der Waals surface area contributed by atoms with E-state index >= 15 is 0 Å². The summed E-state index contributed by atoms with van der Waals surface area (Å²) in [7, 11) is 1.73. The second kappa shape index (κ2) is 8.87. The monoisotopic (exact) mass is 325 g/mol. The van der Waals surface area contributed by atoms with Crippen molar-refractivity contribution in [3.63, 3.8) is 0 Å². The molecule has 0 aliphatic rings. The second-order valence-corrected chi connectivity index (χ2v) is 5.72. The number of benzene rings is 2. The fourth-order valence-corrected chi connectivity index (χ4v) is 2.32. The second-order valence-electron chi connectivity index (χ2n) is 5.72. The van der Waals surface area contributed by atoms with Gasteiger partial charge in [0.25, 0.3) is 0 Å². The number of rotatable bonds is 8. The lowest BCUT2D eigenvalue weighted by Gasteiger charge is -2.18. The van der Waals surface area contributed by atoms with Gasteiger partial charge in [0.05, 0.1) is 6.54 Å². The van der Waals surface area contributed by atoms with Crippen LogP contribution in [0.15, 0.2) is 54.6 Å². The van der Waals surface area contributed by atoms with E-state index in [1.54, 1.807) is 24.1 Å². The number of likely N-dealkylation sites (N-methyl/N-ethyl adjacent to an activating group) is 1. The molecule has 126 valence electrons. The Balaban J connectivity index is 1.72. The number of hydrogen-bond acceptors (Lipinski definition) is 3. The maximum absolute atomic E-state index is 12.1. The van der Waals surface area contributed by atoms with Gasteiger partial charge in [0.15, 0.2) is 5.78 Å². The summed E-state index contributed by atoms with van der Waals surface area (Å²) in [5.41, 5.74) is 1.72. The zero-order valence-electron chi connectivity index (χ0n) is 14.2. The molecule has 0 fully saturated rings. The molecule has 0 aliphatic heterocycles. The van der Waals surface area contributed by atoms with Crippen LogP contribution in [-0.4, -0.2) is 36.8 Å². The minimum atomic E-state index is -0.0485.